The summed E-state index contributed by atoms with van der Waals surface area (Å²) < 4.78 is 49.9. The molecule has 3 rings (SSSR count). The zero-order valence-corrected chi connectivity index (χ0v) is 15.7. The summed E-state index contributed by atoms with van der Waals surface area (Å²) in [4.78, 5) is 13.9. The summed E-state index contributed by atoms with van der Waals surface area (Å²) >= 11 is 6.12. The Labute approximate surface area is 165 Å². The predicted molar refractivity (Wildman–Crippen MR) is 98.1 cm³/mol. The quantitative estimate of drug-likeness (QED) is 0.792. The van der Waals surface area contributed by atoms with Gasteiger partial charge in [-0.25, -0.2) is 0 Å². The number of carbonyl (C=O) groups excluding carboxylic acids is 1. The Morgan fingerprint density at radius 2 is 2.04 bits per heavy atom. The molecule has 2 aromatic rings. The number of likely N-dealkylation sites (N-methyl/N-ethyl adjacent to an activating group) is 1. The molecule has 0 bridgehead atoms. The van der Waals surface area contributed by atoms with Crippen molar-refractivity contribution in [2.24, 2.45) is 0 Å². The zero-order chi connectivity index (χ0) is 20.3. The predicted octanol–water partition coefficient (Wildman–Crippen LogP) is 4.30. The fourth-order valence-electron chi connectivity index (χ4n) is 3.00. The highest BCUT2D eigenvalue weighted by Crippen LogP contribution is 2.35. The van der Waals surface area contributed by atoms with Crippen LogP contribution < -0.4 is 10.1 Å². The third-order valence-corrected chi connectivity index (χ3v) is 4.33. The first-order valence-corrected chi connectivity index (χ1v) is 8.78. The van der Waals surface area contributed by atoms with E-state index >= 15 is 0 Å². The van der Waals surface area contributed by atoms with E-state index in [1.54, 1.807) is 24.1 Å². The second-order valence-corrected chi connectivity index (χ2v) is 6.86. The van der Waals surface area contributed by atoms with E-state index in [1.165, 1.54) is 18.2 Å². The Kier molecular flexibility index (Phi) is 6.12. The van der Waals surface area contributed by atoms with Crippen molar-refractivity contribution in [2.75, 3.05) is 25.7 Å². The number of anilines is 1. The van der Waals surface area contributed by atoms with Gasteiger partial charge in [-0.15, -0.1) is 0 Å². The van der Waals surface area contributed by atoms with Gasteiger partial charge in [0.05, 0.1) is 24.4 Å². The van der Waals surface area contributed by atoms with Crippen molar-refractivity contribution in [3.8, 4) is 5.75 Å². The minimum absolute atomic E-state index is 0.107. The van der Waals surface area contributed by atoms with Crippen LogP contribution in [0.4, 0.5) is 18.9 Å². The number of hydrogen-bond donors (Lipinski definition) is 1. The molecule has 5 nitrogen and oxygen atoms in total. The first-order chi connectivity index (χ1) is 13.2. The lowest BCUT2D eigenvalue weighted by Gasteiger charge is -2.24. The van der Waals surface area contributed by atoms with E-state index in [-0.39, 0.29) is 19.0 Å². The summed E-state index contributed by atoms with van der Waals surface area (Å²) in [6, 6.07) is 8.35. The smallest absolute Gasteiger partial charge is 0.418 e. The minimum atomic E-state index is -4.55. The highest BCUT2D eigenvalue weighted by atomic mass is 35.5. The van der Waals surface area contributed by atoms with Gasteiger partial charge in [-0.3, -0.25) is 9.69 Å². The number of carbonyl (C=O) groups is 1. The molecule has 0 unspecified atom stereocenters. The van der Waals surface area contributed by atoms with Gasteiger partial charge in [0.1, 0.15) is 5.75 Å². The molecule has 1 heterocycles. The second kappa shape index (κ2) is 8.38. The molecule has 1 aliphatic heterocycles. The van der Waals surface area contributed by atoms with Crippen molar-refractivity contribution >= 4 is 23.2 Å². The van der Waals surface area contributed by atoms with Gasteiger partial charge in [0, 0.05) is 22.7 Å². The van der Waals surface area contributed by atoms with E-state index in [9.17, 15) is 18.0 Å². The maximum absolute atomic E-state index is 13.0. The number of fused-ring (bicyclic) bond motifs is 1. The molecule has 9 heteroatoms. The highest BCUT2D eigenvalue weighted by molar-refractivity contribution is 6.30. The molecule has 0 spiro atoms. The molecule has 0 radical (unpaired) electrons. The van der Waals surface area contributed by atoms with Gasteiger partial charge in [-0.2, -0.15) is 13.2 Å². The van der Waals surface area contributed by atoms with Crippen LogP contribution in [0, 0.1) is 0 Å². The summed E-state index contributed by atoms with van der Waals surface area (Å²) in [5, 5.41) is 2.84. The average Bonchev–Trinajstić information content (AvgIpc) is 2.60. The van der Waals surface area contributed by atoms with Crippen LogP contribution in [0.2, 0.25) is 5.02 Å². The van der Waals surface area contributed by atoms with Crippen LogP contribution in [0.1, 0.15) is 16.7 Å². The van der Waals surface area contributed by atoms with E-state index < -0.39 is 17.6 Å². The first kappa shape index (κ1) is 20.4. The lowest BCUT2D eigenvalue weighted by atomic mass is 10.1. The molecule has 0 fully saturated rings. The third-order valence-electron chi connectivity index (χ3n) is 4.11. The molecule has 0 aromatic heterocycles. The summed E-state index contributed by atoms with van der Waals surface area (Å²) in [6.45, 7) is 0.725. The van der Waals surface area contributed by atoms with Crippen LogP contribution in [-0.2, 0) is 28.9 Å². The van der Waals surface area contributed by atoms with E-state index in [0.29, 0.717) is 23.9 Å². The van der Waals surface area contributed by atoms with Crippen LogP contribution >= 0.6 is 11.6 Å². The molecular weight excluding hydrogens is 397 g/mol. The van der Waals surface area contributed by atoms with Crippen molar-refractivity contribution in [1.29, 1.82) is 0 Å². The molecule has 0 atom stereocenters. The Morgan fingerprint density at radius 1 is 1.29 bits per heavy atom. The Hall–Kier alpha value is -2.29. The zero-order valence-electron chi connectivity index (χ0n) is 15.0. The van der Waals surface area contributed by atoms with Crippen LogP contribution in [0.3, 0.4) is 0 Å². The molecule has 0 saturated carbocycles. The summed E-state index contributed by atoms with van der Waals surface area (Å²) in [7, 11) is 1.68. The molecule has 0 aliphatic carbocycles. The summed E-state index contributed by atoms with van der Waals surface area (Å²) in [5.41, 5.74) is 0.430. The van der Waals surface area contributed by atoms with Gasteiger partial charge < -0.3 is 14.8 Å². The maximum atomic E-state index is 13.0. The van der Waals surface area contributed by atoms with Crippen molar-refractivity contribution in [3.63, 3.8) is 0 Å². The highest BCUT2D eigenvalue weighted by Gasteiger charge is 2.33. The van der Waals surface area contributed by atoms with E-state index in [0.717, 1.165) is 17.2 Å². The molecular formula is C19H18ClF3N2O3. The third kappa shape index (κ3) is 4.95. The average molecular weight is 415 g/mol. The van der Waals surface area contributed by atoms with Crippen LogP contribution in [0.5, 0.6) is 5.75 Å². The lowest BCUT2D eigenvalue weighted by Crippen LogP contribution is -2.31. The van der Waals surface area contributed by atoms with Gasteiger partial charge in [0.2, 0.25) is 5.91 Å². The van der Waals surface area contributed by atoms with Crippen molar-refractivity contribution < 1.29 is 27.4 Å². The summed E-state index contributed by atoms with van der Waals surface area (Å²) in [5.74, 6) is 0.102. The van der Waals surface area contributed by atoms with Gasteiger partial charge in [0.15, 0.2) is 6.79 Å². The van der Waals surface area contributed by atoms with E-state index in [4.69, 9.17) is 21.1 Å². The lowest BCUT2D eigenvalue weighted by molar-refractivity contribution is -0.137. The number of amides is 1. The van der Waals surface area contributed by atoms with Crippen molar-refractivity contribution in [3.05, 3.63) is 58.1 Å². The Balaban J connectivity index is 1.67. The fourth-order valence-corrected chi connectivity index (χ4v) is 3.26. The first-order valence-electron chi connectivity index (χ1n) is 8.40. The van der Waals surface area contributed by atoms with Gasteiger partial charge in [-0.05, 0) is 31.3 Å². The number of nitrogens with one attached hydrogen (secondary N) is 1. The largest absolute Gasteiger partial charge is 0.467 e. The number of para-hydroxylation sites is 1. The van der Waals surface area contributed by atoms with Crippen molar-refractivity contribution in [2.45, 2.75) is 19.3 Å². The van der Waals surface area contributed by atoms with Crippen molar-refractivity contribution in [1.82, 2.24) is 4.90 Å². The molecule has 0 saturated heterocycles. The molecule has 150 valence electrons. The number of nitrogens with zero attached hydrogens (tertiary/aromatic N) is 1. The van der Waals surface area contributed by atoms with Gasteiger partial charge in [-0.1, -0.05) is 23.7 Å². The number of alkyl halides is 3. The Morgan fingerprint density at radius 3 is 2.79 bits per heavy atom. The standard InChI is InChI=1S/C19H18ClF3N2O3/c1-25(8-12-6-14(20)7-13-10-27-11-28-18(12)13)9-17(26)24-16-5-3-2-4-15(16)19(21,22)23/h2-7H,8-11H2,1H3,(H,24,26). The van der Waals surface area contributed by atoms with Gasteiger partial charge in [0.25, 0.3) is 0 Å². The van der Waals surface area contributed by atoms with Crippen LogP contribution in [0.15, 0.2) is 36.4 Å². The molecule has 28 heavy (non-hydrogen) atoms. The number of rotatable bonds is 5. The van der Waals surface area contributed by atoms with Crippen LogP contribution in [0.25, 0.3) is 0 Å². The van der Waals surface area contributed by atoms with Gasteiger partial charge >= 0.3 is 6.18 Å². The number of halogens is 4. The SMILES string of the molecule is CN(CC(=O)Nc1ccccc1C(F)(F)F)Cc1cc(Cl)cc2c1OCOC2. The fraction of sp³-hybridized carbons (Fsp3) is 0.316. The number of ether oxygens (including phenoxy) is 2. The van der Waals surface area contributed by atoms with E-state index in [1.807, 2.05) is 0 Å². The number of hydrogen-bond acceptors (Lipinski definition) is 4. The second-order valence-electron chi connectivity index (χ2n) is 6.43. The van der Waals surface area contributed by atoms with Crippen LogP contribution in [-0.4, -0.2) is 31.2 Å². The monoisotopic (exact) mass is 414 g/mol. The maximum Gasteiger partial charge on any atom is 0.418 e. The topological polar surface area (TPSA) is 50.8 Å². The minimum Gasteiger partial charge on any atom is -0.467 e. The molecule has 2 aromatic carbocycles. The summed E-state index contributed by atoms with van der Waals surface area (Å²) in [6.07, 6.45) is -4.55. The van der Waals surface area contributed by atoms with E-state index in [2.05, 4.69) is 5.32 Å². The number of benzene rings is 2. The Bertz CT molecular complexity index is 874. The molecule has 1 aliphatic rings. The molecule has 1 N–H and O–H groups in total. The molecule has 1 amide bonds. The normalized spacial score (nSPS) is 13.8.